The summed E-state index contributed by atoms with van der Waals surface area (Å²) in [6.45, 7) is 1.95. The van der Waals surface area contributed by atoms with E-state index >= 15 is 0 Å². The zero-order chi connectivity index (χ0) is 17.8. The second-order valence-corrected chi connectivity index (χ2v) is 7.45. The summed E-state index contributed by atoms with van der Waals surface area (Å²) in [6.07, 6.45) is 5.29. The van der Waals surface area contributed by atoms with E-state index in [1.807, 2.05) is 25.3 Å². The quantitative estimate of drug-likeness (QED) is 0.592. The minimum atomic E-state index is -0.187. The van der Waals surface area contributed by atoms with Gasteiger partial charge < -0.3 is 10.0 Å². The fourth-order valence-electron chi connectivity index (χ4n) is 2.29. The van der Waals surface area contributed by atoms with Crippen LogP contribution in [0.2, 0.25) is 5.02 Å². The van der Waals surface area contributed by atoms with Gasteiger partial charge in [0.15, 0.2) is 5.82 Å². The minimum absolute atomic E-state index is 0.187. The van der Waals surface area contributed by atoms with Gasteiger partial charge in [0, 0.05) is 45.5 Å². The summed E-state index contributed by atoms with van der Waals surface area (Å²) in [5.74, 6) is 0.428. The minimum Gasteiger partial charge on any atom is -0.330 e. The zero-order valence-electron chi connectivity index (χ0n) is 13.5. The number of aromatic nitrogens is 2. The molecule has 2 N–H and O–H groups in total. The Bertz CT molecular complexity index is 899. The molecule has 25 heavy (non-hydrogen) atoms. The summed E-state index contributed by atoms with van der Waals surface area (Å²) >= 11 is 8.98. The van der Waals surface area contributed by atoms with Crippen molar-refractivity contribution < 1.29 is 4.79 Å². The number of anilines is 2. The van der Waals surface area contributed by atoms with Gasteiger partial charge in [-0.25, -0.2) is 9.97 Å². The van der Waals surface area contributed by atoms with E-state index in [0.29, 0.717) is 21.4 Å². The van der Waals surface area contributed by atoms with Crippen LogP contribution in [0.1, 0.15) is 14.5 Å². The van der Waals surface area contributed by atoms with Crippen molar-refractivity contribution in [3.05, 3.63) is 57.5 Å². The van der Waals surface area contributed by atoms with Gasteiger partial charge in [-0.15, -0.1) is 11.3 Å². The highest BCUT2D eigenvalue weighted by Gasteiger charge is 2.15. The SMILES string of the molecule is CSNc1cc(Cl)cc(NC(=O)c2cc(-c3ncccn3)c(C)s2)c1. The second-order valence-electron chi connectivity index (χ2n) is 5.14. The van der Waals surface area contributed by atoms with Crippen LogP contribution in [0.15, 0.2) is 42.7 Å². The number of amides is 1. The molecule has 0 aliphatic heterocycles. The van der Waals surface area contributed by atoms with Crippen LogP contribution >= 0.6 is 34.9 Å². The summed E-state index contributed by atoms with van der Waals surface area (Å²) in [6, 6.07) is 8.93. The Morgan fingerprint density at radius 3 is 2.60 bits per heavy atom. The molecule has 128 valence electrons. The first-order chi connectivity index (χ1) is 12.1. The molecule has 3 aromatic rings. The Hall–Kier alpha value is -2.09. The molecular weight excluding hydrogens is 376 g/mol. The van der Waals surface area contributed by atoms with Crippen LogP contribution in [0.3, 0.4) is 0 Å². The number of carbonyl (C=O) groups excluding carboxylic acids is 1. The highest BCUT2D eigenvalue weighted by Crippen LogP contribution is 2.30. The maximum atomic E-state index is 12.6. The molecule has 0 saturated carbocycles. The Morgan fingerprint density at radius 2 is 1.88 bits per heavy atom. The summed E-state index contributed by atoms with van der Waals surface area (Å²) in [7, 11) is 0. The van der Waals surface area contributed by atoms with E-state index in [4.69, 9.17) is 11.6 Å². The smallest absolute Gasteiger partial charge is 0.265 e. The van der Waals surface area contributed by atoms with Crippen LogP contribution in [0.4, 0.5) is 11.4 Å². The van der Waals surface area contributed by atoms with Crippen molar-refractivity contribution in [2.75, 3.05) is 16.3 Å². The first-order valence-corrected chi connectivity index (χ1v) is 9.77. The van der Waals surface area contributed by atoms with Crippen LogP contribution in [-0.4, -0.2) is 22.1 Å². The van der Waals surface area contributed by atoms with Crippen LogP contribution in [-0.2, 0) is 0 Å². The Morgan fingerprint density at radius 1 is 1.16 bits per heavy atom. The molecule has 0 aliphatic carbocycles. The molecule has 1 amide bonds. The number of carbonyl (C=O) groups is 1. The number of benzene rings is 1. The third-order valence-corrected chi connectivity index (χ3v) is 5.03. The van der Waals surface area contributed by atoms with Crippen molar-refractivity contribution in [3.8, 4) is 11.4 Å². The molecule has 3 rings (SSSR count). The molecule has 0 spiro atoms. The van der Waals surface area contributed by atoms with Gasteiger partial charge in [-0.2, -0.15) is 0 Å². The summed E-state index contributed by atoms with van der Waals surface area (Å²) in [5.41, 5.74) is 2.33. The van der Waals surface area contributed by atoms with E-state index < -0.39 is 0 Å². The average molecular weight is 391 g/mol. The third-order valence-electron chi connectivity index (χ3n) is 3.32. The highest BCUT2D eigenvalue weighted by molar-refractivity contribution is 7.99. The monoisotopic (exact) mass is 390 g/mol. The van der Waals surface area contributed by atoms with Gasteiger partial charge in [0.2, 0.25) is 0 Å². The number of nitrogens with zero attached hydrogens (tertiary/aromatic N) is 2. The summed E-state index contributed by atoms with van der Waals surface area (Å²) in [4.78, 5) is 22.7. The number of thiophene rings is 1. The van der Waals surface area contributed by atoms with Crippen LogP contribution in [0, 0.1) is 6.92 Å². The van der Waals surface area contributed by atoms with E-state index in [2.05, 4.69) is 20.0 Å². The zero-order valence-corrected chi connectivity index (χ0v) is 15.9. The molecule has 0 saturated heterocycles. The predicted molar refractivity (Wildman–Crippen MR) is 107 cm³/mol. The number of halogens is 1. The first kappa shape index (κ1) is 17.7. The van der Waals surface area contributed by atoms with Crippen molar-refractivity contribution in [1.82, 2.24) is 9.97 Å². The lowest BCUT2D eigenvalue weighted by molar-refractivity contribution is 0.103. The lowest BCUT2D eigenvalue weighted by Gasteiger charge is -2.08. The van der Waals surface area contributed by atoms with Crippen molar-refractivity contribution in [3.63, 3.8) is 0 Å². The van der Waals surface area contributed by atoms with E-state index in [-0.39, 0.29) is 5.91 Å². The maximum absolute atomic E-state index is 12.6. The number of hydrogen-bond donors (Lipinski definition) is 2. The van der Waals surface area contributed by atoms with Crippen molar-refractivity contribution in [2.45, 2.75) is 6.92 Å². The second kappa shape index (κ2) is 7.86. The Labute approximate surface area is 159 Å². The van der Waals surface area contributed by atoms with Gasteiger partial charge in [-0.3, -0.25) is 4.79 Å². The third kappa shape index (κ3) is 4.31. The molecule has 8 heteroatoms. The number of nitrogens with one attached hydrogen (secondary N) is 2. The van der Waals surface area contributed by atoms with E-state index in [9.17, 15) is 4.79 Å². The van der Waals surface area contributed by atoms with Gasteiger partial charge in [-0.1, -0.05) is 23.5 Å². The van der Waals surface area contributed by atoms with Crippen molar-refractivity contribution in [2.24, 2.45) is 0 Å². The van der Waals surface area contributed by atoms with Gasteiger partial charge in [0.05, 0.1) is 4.88 Å². The number of hydrogen-bond acceptors (Lipinski definition) is 6. The molecule has 0 unspecified atom stereocenters. The summed E-state index contributed by atoms with van der Waals surface area (Å²) in [5, 5.41) is 3.44. The molecule has 0 atom stereocenters. The van der Waals surface area contributed by atoms with Crippen LogP contribution < -0.4 is 10.0 Å². The van der Waals surface area contributed by atoms with Crippen LogP contribution in [0.25, 0.3) is 11.4 Å². The van der Waals surface area contributed by atoms with Gasteiger partial charge in [0.1, 0.15) is 0 Å². The molecule has 2 heterocycles. The molecule has 1 aromatic carbocycles. The predicted octanol–water partition coefficient (Wildman–Crippen LogP) is 5.11. The maximum Gasteiger partial charge on any atom is 0.265 e. The average Bonchev–Trinajstić information content (AvgIpc) is 2.97. The fourth-order valence-corrected chi connectivity index (χ4v) is 3.78. The molecule has 0 fully saturated rings. The van der Waals surface area contributed by atoms with Crippen LogP contribution in [0.5, 0.6) is 0 Å². The largest absolute Gasteiger partial charge is 0.330 e. The van der Waals surface area contributed by atoms with E-state index in [1.54, 1.807) is 30.6 Å². The molecule has 5 nitrogen and oxygen atoms in total. The Kier molecular flexibility index (Phi) is 5.57. The van der Waals surface area contributed by atoms with Gasteiger partial charge >= 0.3 is 0 Å². The van der Waals surface area contributed by atoms with Gasteiger partial charge in [-0.05, 0) is 37.3 Å². The van der Waals surface area contributed by atoms with E-state index in [0.717, 1.165) is 16.1 Å². The normalized spacial score (nSPS) is 10.5. The lowest BCUT2D eigenvalue weighted by atomic mass is 10.2. The fraction of sp³-hybridized carbons (Fsp3) is 0.118. The molecule has 2 aromatic heterocycles. The standard InChI is InChI=1S/C17H15ClN4OS2/c1-10-14(16-19-4-3-5-20-16)9-15(25-10)17(23)21-12-6-11(18)7-13(8-12)22-24-2/h3-9,22H,1-2H3,(H,21,23). The molecule has 0 radical (unpaired) electrons. The highest BCUT2D eigenvalue weighted by atomic mass is 35.5. The lowest BCUT2D eigenvalue weighted by Crippen LogP contribution is -2.10. The number of rotatable bonds is 5. The van der Waals surface area contributed by atoms with Crippen molar-refractivity contribution in [1.29, 1.82) is 0 Å². The number of aryl methyl sites for hydroxylation is 1. The van der Waals surface area contributed by atoms with E-state index in [1.165, 1.54) is 23.3 Å². The molecule has 0 aliphatic rings. The van der Waals surface area contributed by atoms with Crippen molar-refractivity contribution >= 4 is 52.2 Å². The molecular formula is C17H15ClN4OS2. The topological polar surface area (TPSA) is 66.9 Å². The Balaban J connectivity index is 1.83. The first-order valence-electron chi connectivity index (χ1n) is 7.35. The van der Waals surface area contributed by atoms with Gasteiger partial charge in [0.25, 0.3) is 5.91 Å². The summed E-state index contributed by atoms with van der Waals surface area (Å²) < 4.78 is 3.10. The molecule has 0 bridgehead atoms.